The average molecular weight is 112 g/mol. The highest BCUT2D eigenvalue weighted by molar-refractivity contribution is 5.64. The average Bonchev–Trinajstić information content (AvgIpc) is 2.25. The quantitative estimate of drug-likeness (QED) is 0.304. The van der Waals surface area contributed by atoms with Gasteiger partial charge in [-0.3, -0.25) is 0 Å². The Kier molecular flexibility index (Phi) is 1.24. The van der Waals surface area contributed by atoms with Crippen molar-refractivity contribution in [3.05, 3.63) is 0 Å². The number of hydrazone groups is 1. The first-order valence-electron chi connectivity index (χ1n) is 3.00. The van der Waals surface area contributed by atoms with E-state index in [2.05, 4.69) is 18.9 Å². The van der Waals surface area contributed by atoms with Crippen molar-refractivity contribution in [2.45, 2.75) is 13.8 Å². The number of rotatable bonds is 1. The molecule has 1 aliphatic carbocycles. The lowest BCUT2D eigenvalue weighted by Crippen LogP contribution is -1.86. The van der Waals surface area contributed by atoms with Crippen LogP contribution in [0.25, 0.3) is 0 Å². The Morgan fingerprint density at radius 2 is 1.88 bits per heavy atom. The second-order valence-corrected chi connectivity index (χ2v) is 2.59. The molecule has 0 amide bonds. The summed E-state index contributed by atoms with van der Waals surface area (Å²) in [5, 5.41) is 3.47. The van der Waals surface area contributed by atoms with E-state index < -0.39 is 0 Å². The summed E-state index contributed by atoms with van der Waals surface area (Å²) in [7, 11) is 0. The predicted octanol–water partition coefficient (Wildman–Crippen LogP) is 0.833. The summed E-state index contributed by atoms with van der Waals surface area (Å²) in [6.45, 7) is 4.44. The molecule has 2 N–H and O–H groups in total. The minimum absolute atomic E-state index is 0.667. The molecule has 2 heteroatoms. The Labute approximate surface area is 49.8 Å². The zero-order valence-electron chi connectivity index (χ0n) is 5.33. The van der Waals surface area contributed by atoms with Crippen LogP contribution in [0.3, 0.4) is 0 Å². The van der Waals surface area contributed by atoms with E-state index in [0.717, 1.165) is 11.8 Å². The fraction of sp³-hybridized carbons (Fsp3) is 0.833. The lowest BCUT2D eigenvalue weighted by Gasteiger charge is -1.76. The van der Waals surface area contributed by atoms with Gasteiger partial charge < -0.3 is 5.84 Å². The van der Waals surface area contributed by atoms with Crippen molar-refractivity contribution in [3.63, 3.8) is 0 Å². The summed E-state index contributed by atoms with van der Waals surface area (Å²) in [5.74, 6) is 7.25. The van der Waals surface area contributed by atoms with Crippen LogP contribution in [-0.2, 0) is 0 Å². The summed E-state index contributed by atoms with van der Waals surface area (Å²) >= 11 is 0. The van der Waals surface area contributed by atoms with Crippen LogP contribution in [0.5, 0.6) is 0 Å². The largest absolute Gasteiger partial charge is 0.324 e. The smallest absolute Gasteiger partial charge is 0.0276 e. The van der Waals surface area contributed by atoms with Crippen LogP contribution >= 0.6 is 0 Å². The molecule has 0 aliphatic heterocycles. The summed E-state index contributed by atoms with van der Waals surface area (Å²) in [4.78, 5) is 0. The monoisotopic (exact) mass is 112 g/mol. The zero-order chi connectivity index (χ0) is 6.15. The van der Waals surface area contributed by atoms with Gasteiger partial charge in [0.05, 0.1) is 0 Å². The lowest BCUT2D eigenvalue weighted by atomic mass is 10.4. The highest BCUT2D eigenvalue weighted by Crippen LogP contribution is 2.43. The zero-order valence-corrected chi connectivity index (χ0v) is 5.33. The van der Waals surface area contributed by atoms with Gasteiger partial charge in [0.15, 0.2) is 0 Å². The molecule has 0 heterocycles. The highest BCUT2D eigenvalue weighted by Gasteiger charge is 2.41. The third-order valence-corrected chi connectivity index (χ3v) is 2.16. The first-order chi connectivity index (χ1) is 3.77. The number of hydrogen-bond donors (Lipinski definition) is 1. The van der Waals surface area contributed by atoms with Crippen molar-refractivity contribution < 1.29 is 0 Å². The standard InChI is InChI=1S/C6H12N2/c1-4-5(2)6(4)3-8-7/h3-6H,7H2,1-2H3. The third-order valence-electron chi connectivity index (χ3n) is 2.16. The third kappa shape index (κ3) is 0.703. The summed E-state index contributed by atoms with van der Waals surface area (Å²) < 4.78 is 0. The van der Waals surface area contributed by atoms with E-state index in [1.807, 2.05) is 6.21 Å². The maximum absolute atomic E-state index is 4.96. The van der Waals surface area contributed by atoms with Gasteiger partial charge in [-0.2, -0.15) is 5.10 Å². The van der Waals surface area contributed by atoms with E-state index in [0.29, 0.717) is 5.92 Å². The van der Waals surface area contributed by atoms with Crippen LogP contribution in [0, 0.1) is 17.8 Å². The van der Waals surface area contributed by atoms with Crippen LogP contribution in [0.15, 0.2) is 5.10 Å². The first-order valence-corrected chi connectivity index (χ1v) is 3.00. The minimum Gasteiger partial charge on any atom is -0.324 e. The van der Waals surface area contributed by atoms with Crippen molar-refractivity contribution in [2.75, 3.05) is 0 Å². The molecule has 0 spiro atoms. The van der Waals surface area contributed by atoms with E-state index in [1.165, 1.54) is 0 Å². The molecule has 8 heavy (non-hydrogen) atoms. The molecule has 1 saturated carbocycles. The fourth-order valence-electron chi connectivity index (χ4n) is 1.07. The van der Waals surface area contributed by atoms with Crippen LogP contribution in [0.4, 0.5) is 0 Å². The molecule has 2 nitrogen and oxygen atoms in total. The van der Waals surface area contributed by atoms with E-state index in [9.17, 15) is 0 Å². The molecule has 1 fully saturated rings. The summed E-state index contributed by atoms with van der Waals surface area (Å²) in [6.07, 6.45) is 1.84. The van der Waals surface area contributed by atoms with Crippen molar-refractivity contribution in [1.82, 2.24) is 0 Å². The van der Waals surface area contributed by atoms with Crippen molar-refractivity contribution in [1.29, 1.82) is 0 Å². The molecule has 1 aliphatic rings. The van der Waals surface area contributed by atoms with Crippen molar-refractivity contribution in [3.8, 4) is 0 Å². The van der Waals surface area contributed by atoms with Crippen LogP contribution in [-0.4, -0.2) is 6.21 Å². The van der Waals surface area contributed by atoms with Crippen molar-refractivity contribution >= 4 is 6.21 Å². The van der Waals surface area contributed by atoms with Gasteiger partial charge in [-0.05, 0) is 11.8 Å². The van der Waals surface area contributed by atoms with Gasteiger partial charge in [0.25, 0.3) is 0 Å². The second-order valence-electron chi connectivity index (χ2n) is 2.59. The number of hydrogen-bond acceptors (Lipinski definition) is 2. The fourth-order valence-corrected chi connectivity index (χ4v) is 1.07. The molecule has 2 unspecified atom stereocenters. The topological polar surface area (TPSA) is 38.4 Å². The number of nitrogens with two attached hydrogens (primary N) is 1. The van der Waals surface area contributed by atoms with Gasteiger partial charge in [0, 0.05) is 12.1 Å². The Bertz CT molecular complexity index is 101. The van der Waals surface area contributed by atoms with Crippen LogP contribution < -0.4 is 5.84 Å². The van der Waals surface area contributed by atoms with Gasteiger partial charge in [-0.15, -0.1) is 0 Å². The molecule has 0 saturated heterocycles. The maximum atomic E-state index is 4.96. The predicted molar refractivity (Wildman–Crippen MR) is 34.5 cm³/mol. The van der Waals surface area contributed by atoms with Gasteiger partial charge in [-0.1, -0.05) is 13.8 Å². The van der Waals surface area contributed by atoms with Gasteiger partial charge in [0.1, 0.15) is 0 Å². The Morgan fingerprint density at radius 1 is 1.38 bits per heavy atom. The van der Waals surface area contributed by atoms with Crippen LogP contribution in [0.2, 0.25) is 0 Å². The summed E-state index contributed by atoms with van der Waals surface area (Å²) in [5.41, 5.74) is 0. The molecule has 1 rings (SSSR count). The molecular formula is C6H12N2. The Morgan fingerprint density at radius 3 is 2.00 bits per heavy atom. The SMILES string of the molecule is CC1C(C)C1C=NN. The van der Waals surface area contributed by atoms with Gasteiger partial charge >= 0.3 is 0 Å². The van der Waals surface area contributed by atoms with E-state index in [-0.39, 0.29) is 0 Å². The minimum atomic E-state index is 0.667. The summed E-state index contributed by atoms with van der Waals surface area (Å²) in [6, 6.07) is 0. The molecule has 0 bridgehead atoms. The highest BCUT2D eigenvalue weighted by atomic mass is 15.1. The second kappa shape index (κ2) is 1.77. The molecule has 46 valence electrons. The van der Waals surface area contributed by atoms with Gasteiger partial charge in [-0.25, -0.2) is 0 Å². The normalized spacial score (nSPS) is 45.5. The molecule has 2 atom stereocenters. The Hall–Kier alpha value is -0.530. The lowest BCUT2D eigenvalue weighted by molar-refractivity contribution is 0.834. The Balaban J connectivity index is 2.33. The molecule has 0 aromatic rings. The van der Waals surface area contributed by atoms with Gasteiger partial charge in [0.2, 0.25) is 0 Å². The first kappa shape index (κ1) is 5.60. The maximum Gasteiger partial charge on any atom is 0.0276 e. The van der Waals surface area contributed by atoms with Crippen LogP contribution in [0.1, 0.15) is 13.8 Å². The molecule has 0 aromatic carbocycles. The molecule has 0 aromatic heterocycles. The number of nitrogens with zero attached hydrogens (tertiary/aromatic N) is 1. The molecule has 0 radical (unpaired) electrons. The van der Waals surface area contributed by atoms with E-state index in [4.69, 9.17) is 5.84 Å². The van der Waals surface area contributed by atoms with E-state index >= 15 is 0 Å². The van der Waals surface area contributed by atoms with E-state index in [1.54, 1.807) is 0 Å². The molecular weight excluding hydrogens is 100 g/mol. The van der Waals surface area contributed by atoms with Crippen molar-refractivity contribution in [2.24, 2.45) is 28.7 Å².